The number of halogens is 1. The van der Waals surface area contributed by atoms with Gasteiger partial charge in [-0.05, 0) is 56.9 Å². The number of nitrogens with zero attached hydrogens (tertiary/aromatic N) is 3. The fraction of sp³-hybridized carbons (Fsp3) is 0.333. The maximum absolute atomic E-state index is 13.3. The fourth-order valence-corrected chi connectivity index (χ4v) is 4.88. The van der Waals surface area contributed by atoms with Crippen molar-refractivity contribution in [2.45, 2.75) is 18.7 Å². The van der Waals surface area contributed by atoms with Crippen LogP contribution in [0.5, 0.6) is 0 Å². The third-order valence-electron chi connectivity index (χ3n) is 4.60. The summed E-state index contributed by atoms with van der Waals surface area (Å²) >= 11 is 1.47. The number of thiazole rings is 1. The molecular formula is C21H26ClN3O3S2. The molecule has 0 atom stereocenters. The van der Waals surface area contributed by atoms with Gasteiger partial charge in [-0.3, -0.25) is 9.69 Å². The van der Waals surface area contributed by atoms with Gasteiger partial charge in [0.2, 0.25) is 0 Å². The molecule has 162 valence electrons. The van der Waals surface area contributed by atoms with Crippen LogP contribution in [0.3, 0.4) is 0 Å². The Morgan fingerprint density at radius 2 is 1.83 bits per heavy atom. The van der Waals surface area contributed by atoms with E-state index in [1.165, 1.54) is 23.5 Å². The van der Waals surface area contributed by atoms with Crippen molar-refractivity contribution in [3.05, 3.63) is 53.6 Å². The molecule has 1 heterocycles. The normalized spacial score (nSPS) is 11.5. The molecule has 3 rings (SSSR count). The average Bonchev–Trinajstić information content (AvgIpc) is 3.10. The highest BCUT2D eigenvalue weighted by atomic mass is 35.5. The summed E-state index contributed by atoms with van der Waals surface area (Å²) in [5.41, 5.74) is 2.32. The zero-order valence-corrected chi connectivity index (χ0v) is 19.9. The van der Waals surface area contributed by atoms with Crippen LogP contribution in [0, 0.1) is 6.92 Å². The van der Waals surface area contributed by atoms with Gasteiger partial charge in [-0.25, -0.2) is 13.4 Å². The highest BCUT2D eigenvalue weighted by Crippen LogP contribution is 2.30. The molecule has 30 heavy (non-hydrogen) atoms. The fourth-order valence-electron chi connectivity index (χ4n) is 2.86. The third kappa shape index (κ3) is 5.37. The Bertz CT molecular complexity index is 1140. The van der Waals surface area contributed by atoms with Crippen LogP contribution in [0.15, 0.2) is 47.4 Å². The Morgan fingerprint density at radius 1 is 1.10 bits per heavy atom. The number of aryl methyl sites for hydroxylation is 1. The second-order valence-corrected chi connectivity index (χ2v) is 10.4. The summed E-state index contributed by atoms with van der Waals surface area (Å²) in [4.78, 5) is 21.8. The molecule has 2 aromatic carbocycles. The van der Waals surface area contributed by atoms with Gasteiger partial charge in [0.15, 0.2) is 15.0 Å². The lowest BCUT2D eigenvalue weighted by molar-refractivity contribution is 0.0985. The minimum atomic E-state index is -3.39. The van der Waals surface area contributed by atoms with Gasteiger partial charge >= 0.3 is 0 Å². The molecule has 0 radical (unpaired) electrons. The molecule has 0 aliphatic carbocycles. The van der Waals surface area contributed by atoms with Crippen molar-refractivity contribution < 1.29 is 13.2 Å². The molecule has 0 N–H and O–H groups in total. The molecule has 0 fully saturated rings. The first-order valence-corrected chi connectivity index (χ1v) is 11.8. The molecule has 0 aliphatic rings. The van der Waals surface area contributed by atoms with Crippen molar-refractivity contribution in [1.29, 1.82) is 0 Å². The number of amides is 1. The van der Waals surface area contributed by atoms with E-state index in [1.54, 1.807) is 24.0 Å². The van der Waals surface area contributed by atoms with Crippen LogP contribution in [0.25, 0.3) is 10.2 Å². The largest absolute Gasteiger partial charge is 0.308 e. The van der Waals surface area contributed by atoms with Crippen molar-refractivity contribution in [3.63, 3.8) is 0 Å². The number of sulfone groups is 1. The van der Waals surface area contributed by atoms with E-state index < -0.39 is 9.84 Å². The van der Waals surface area contributed by atoms with Gasteiger partial charge in [0.05, 0.1) is 20.9 Å². The molecule has 6 nitrogen and oxygen atoms in total. The first kappa shape index (κ1) is 24.3. The Labute approximate surface area is 187 Å². The van der Waals surface area contributed by atoms with Gasteiger partial charge in [0.1, 0.15) is 0 Å². The number of carbonyl (C=O) groups excluding carboxylic acids is 1. The molecular weight excluding hydrogens is 442 g/mol. The van der Waals surface area contributed by atoms with Crippen molar-refractivity contribution >= 4 is 54.8 Å². The lowest BCUT2D eigenvalue weighted by Crippen LogP contribution is -2.36. The van der Waals surface area contributed by atoms with Crippen LogP contribution < -0.4 is 4.90 Å². The van der Waals surface area contributed by atoms with Crippen LogP contribution in [0.2, 0.25) is 0 Å². The van der Waals surface area contributed by atoms with E-state index in [9.17, 15) is 13.2 Å². The number of hydrogen-bond donors (Lipinski definition) is 0. The smallest absolute Gasteiger partial charge is 0.260 e. The second kappa shape index (κ2) is 9.87. The van der Waals surface area contributed by atoms with Crippen LogP contribution in [0.4, 0.5) is 5.13 Å². The SMILES string of the molecule is CCS(=O)(=O)c1cccc(C(=O)N(CCN(C)C)c2nc3ccc(C)cc3s2)c1.Cl. The molecule has 0 saturated heterocycles. The van der Waals surface area contributed by atoms with Crippen LogP contribution in [0.1, 0.15) is 22.8 Å². The molecule has 0 aliphatic heterocycles. The number of likely N-dealkylation sites (N-methyl/N-ethyl adjacent to an activating group) is 1. The molecule has 0 unspecified atom stereocenters. The first-order chi connectivity index (χ1) is 13.7. The quantitative estimate of drug-likeness (QED) is 0.524. The van der Waals surface area contributed by atoms with E-state index in [4.69, 9.17) is 0 Å². The summed E-state index contributed by atoms with van der Waals surface area (Å²) in [6.07, 6.45) is 0. The number of anilines is 1. The molecule has 1 amide bonds. The summed E-state index contributed by atoms with van der Waals surface area (Å²) in [7, 11) is 0.499. The summed E-state index contributed by atoms with van der Waals surface area (Å²) in [5.74, 6) is -0.262. The van der Waals surface area contributed by atoms with Crippen molar-refractivity contribution in [3.8, 4) is 0 Å². The number of hydrogen-bond acceptors (Lipinski definition) is 6. The number of rotatable bonds is 7. The maximum atomic E-state index is 13.3. The van der Waals surface area contributed by atoms with Crippen LogP contribution in [-0.4, -0.2) is 57.1 Å². The molecule has 9 heteroatoms. The van der Waals surface area contributed by atoms with E-state index in [0.29, 0.717) is 23.8 Å². The monoisotopic (exact) mass is 467 g/mol. The Kier molecular flexibility index (Phi) is 7.99. The van der Waals surface area contributed by atoms with Crippen LogP contribution in [-0.2, 0) is 9.84 Å². The zero-order valence-electron chi connectivity index (χ0n) is 17.5. The first-order valence-electron chi connectivity index (χ1n) is 9.38. The number of aromatic nitrogens is 1. The van der Waals surface area contributed by atoms with E-state index in [1.807, 2.05) is 38.1 Å². The zero-order chi connectivity index (χ0) is 21.2. The maximum Gasteiger partial charge on any atom is 0.260 e. The number of carbonyl (C=O) groups is 1. The Morgan fingerprint density at radius 3 is 2.50 bits per heavy atom. The topological polar surface area (TPSA) is 70.6 Å². The van der Waals surface area contributed by atoms with Crippen molar-refractivity contribution in [2.24, 2.45) is 0 Å². The van der Waals surface area contributed by atoms with E-state index in [2.05, 4.69) is 11.1 Å². The van der Waals surface area contributed by atoms with E-state index in [-0.39, 0.29) is 29.0 Å². The highest BCUT2D eigenvalue weighted by molar-refractivity contribution is 7.91. The lowest BCUT2D eigenvalue weighted by atomic mass is 10.2. The van der Waals surface area contributed by atoms with Gasteiger partial charge in [-0.1, -0.05) is 30.4 Å². The Hall–Kier alpha value is -2.00. The van der Waals surface area contributed by atoms with E-state index >= 15 is 0 Å². The molecule has 1 aromatic heterocycles. The predicted octanol–water partition coefficient (Wildman–Crippen LogP) is 4.03. The summed E-state index contributed by atoms with van der Waals surface area (Å²) in [6.45, 7) is 4.73. The Balaban J connectivity index is 0.00000320. The highest BCUT2D eigenvalue weighted by Gasteiger charge is 2.23. The van der Waals surface area contributed by atoms with Gasteiger partial charge in [0.25, 0.3) is 5.91 Å². The molecule has 0 spiro atoms. The number of fused-ring (bicyclic) bond motifs is 1. The standard InChI is InChI=1S/C21H25N3O3S2.ClH/c1-5-29(26,27)17-8-6-7-16(14-17)20(25)24(12-11-23(3)4)21-22-18-10-9-15(2)13-19(18)28-21;/h6-10,13-14H,5,11-12H2,1-4H3;1H. The van der Waals surface area contributed by atoms with Crippen molar-refractivity contribution in [1.82, 2.24) is 9.88 Å². The number of benzene rings is 2. The minimum absolute atomic E-state index is 0. The molecule has 0 saturated carbocycles. The summed E-state index contributed by atoms with van der Waals surface area (Å²) in [6, 6.07) is 12.3. The lowest BCUT2D eigenvalue weighted by Gasteiger charge is -2.22. The van der Waals surface area contributed by atoms with Gasteiger partial charge in [-0.2, -0.15) is 0 Å². The molecule has 0 bridgehead atoms. The van der Waals surface area contributed by atoms with Crippen LogP contribution >= 0.6 is 23.7 Å². The van der Waals surface area contributed by atoms with Gasteiger partial charge < -0.3 is 4.90 Å². The third-order valence-corrected chi connectivity index (χ3v) is 7.37. The van der Waals surface area contributed by atoms with Crippen molar-refractivity contribution in [2.75, 3.05) is 37.8 Å². The predicted molar refractivity (Wildman–Crippen MR) is 126 cm³/mol. The summed E-state index contributed by atoms with van der Waals surface area (Å²) in [5, 5.41) is 0.612. The van der Waals surface area contributed by atoms with Gasteiger partial charge in [-0.15, -0.1) is 12.4 Å². The van der Waals surface area contributed by atoms with Gasteiger partial charge in [0, 0.05) is 18.7 Å². The summed E-state index contributed by atoms with van der Waals surface area (Å²) < 4.78 is 25.5. The second-order valence-electron chi connectivity index (χ2n) is 7.16. The minimum Gasteiger partial charge on any atom is -0.308 e. The average molecular weight is 468 g/mol. The van der Waals surface area contributed by atoms with E-state index in [0.717, 1.165) is 15.8 Å². The molecule has 3 aromatic rings.